The molecule has 1 atom stereocenters. The molecule has 0 radical (unpaired) electrons. The van der Waals surface area contributed by atoms with Crippen molar-refractivity contribution in [2.45, 2.75) is 12.3 Å². The number of nitrogens with one attached hydrogen (secondary N) is 1. The Labute approximate surface area is 112 Å². The lowest BCUT2D eigenvalue weighted by atomic mass is 10.1. The number of H-pyrrole nitrogens is 1. The summed E-state index contributed by atoms with van der Waals surface area (Å²) in [5, 5.41) is -0.215. The van der Waals surface area contributed by atoms with Gasteiger partial charge in [0.25, 0.3) is 0 Å². The molecule has 0 saturated heterocycles. The van der Waals surface area contributed by atoms with Gasteiger partial charge in [0.1, 0.15) is 0 Å². The third-order valence-corrected chi connectivity index (χ3v) is 4.43. The van der Waals surface area contributed by atoms with Crippen LogP contribution in [-0.4, -0.2) is 4.98 Å². The Bertz CT molecular complexity index is 756. The summed E-state index contributed by atoms with van der Waals surface area (Å²) in [6.45, 7) is 2.05. The van der Waals surface area contributed by atoms with E-state index >= 15 is 0 Å². The number of hydrogen-bond donors (Lipinski definition) is 1. The van der Waals surface area contributed by atoms with Crippen molar-refractivity contribution in [3.8, 4) is 0 Å². The third kappa shape index (κ3) is 1.98. The molecule has 3 aromatic rings. The molecule has 2 aromatic heterocycles. The Morgan fingerprint density at radius 1 is 1.33 bits per heavy atom. The number of rotatable bonds is 2. The number of alkyl halides is 1. The van der Waals surface area contributed by atoms with Gasteiger partial charge in [-0.15, -0.1) is 22.9 Å². The summed E-state index contributed by atoms with van der Waals surface area (Å²) < 4.78 is 5.03. The van der Waals surface area contributed by atoms with Gasteiger partial charge in [0.15, 0.2) is 5.58 Å². The minimum Gasteiger partial charge on any atom is -0.408 e. The second-order valence-corrected chi connectivity index (χ2v) is 5.84. The van der Waals surface area contributed by atoms with Crippen molar-refractivity contribution in [1.82, 2.24) is 4.98 Å². The molecule has 0 bridgehead atoms. The zero-order valence-corrected chi connectivity index (χ0v) is 11.1. The highest BCUT2D eigenvalue weighted by Crippen LogP contribution is 2.34. The van der Waals surface area contributed by atoms with Gasteiger partial charge in [0, 0.05) is 9.75 Å². The second kappa shape index (κ2) is 4.30. The first-order chi connectivity index (χ1) is 8.63. The molecular formula is C13H10ClNO2S. The monoisotopic (exact) mass is 279 g/mol. The van der Waals surface area contributed by atoms with Gasteiger partial charge in [0.05, 0.1) is 10.9 Å². The Morgan fingerprint density at radius 3 is 2.89 bits per heavy atom. The van der Waals surface area contributed by atoms with Gasteiger partial charge in [-0.25, -0.2) is 4.79 Å². The molecule has 0 amide bonds. The van der Waals surface area contributed by atoms with E-state index in [2.05, 4.69) is 4.98 Å². The third-order valence-electron chi connectivity index (χ3n) is 2.75. The molecule has 3 rings (SSSR count). The molecular weight excluding hydrogens is 270 g/mol. The molecule has 0 aliphatic rings. The van der Waals surface area contributed by atoms with Gasteiger partial charge in [-0.3, -0.25) is 4.98 Å². The molecule has 1 aromatic carbocycles. The van der Waals surface area contributed by atoms with E-state index in [-0.39, 0.29) is 5.38 Å². The summed E-state index contributed by atoms with van der Waals surface area (Å²) in [5.74, 6) is -0.444. The van der Waals surface area contributed by atoms with E-state index in [0.717, 1.165) is 10.4 Å². The van der Waals surface area contributed by atoms with Gasteiger partial charge in [0.2, 0.25) is 0 Å². The Balaban J connectivity index is 2.05. The maximum absolute atomic E-state index is 11.1. The normalized spacial score (nSPS) is 13.0. The van der Waals surface area contributed by atoms with Crippen LogP contribution in [0.15, 0.2) is 39.5 Å². The Morgan fingerprint density at radius 2 is 2.17 bits per heavy atom. The predicted octanol–water partition coefficient (Wildman–Crippen LogP) is 3.82. The topological polar surface area (TPSA) is 46.0 Å². The van der Waals surface area contributed by atoms with Crippen LogP contribution in [0.25, 0.3) is 11.1 Å². The molecule has 0 fully saturated rings. The highest BCUT2D eigenvalue weighted by molar-refractivity contribution is 7.12. The molecule has 0 saturated carbocycles. The van der Waals surface area contributed by atoms with Crippen LogP contribution in [0.4, 0.5) is 0 Å². The van der Waals surface area contributed by atoms with Crippen molar-refractivity contribution in [2.75, 3.05) is 0 Å². The van der Waals surface area contributed by atoms with Gasteiger partial charge in [-0.2, -0.15) is 0 Å². The summed E-state index contributed by atoms with van der Waals surface area (Å²) in [5.41, 5.74) is 2.15. The number of halogens is 1. The minimum atomic E-state index is -0.444. The summed E-state index contributed by atoms with van der Waals surface area (Å²) in [6.07, 6.45) is 0. The molecule has 2 heterocycles. The van der Waals surface area contributed by atoms with Crippen LogP contribution in [0.2, 0.25) is 0 Å². The van der Waals surface area contributed by atoms with Crippen LogP contribution in [0.5, 0.6) is 0 Å². The van der Waals surface area contributed by atoms with E-state index < -0.39 is 5.76 Å². The van der Waals surface area contributed by atoms with Crippen molar-refractivity contribution >= 4 is 34.0 Å². The molecule has 0 aliphatic carbocycles. The van der Waals surface area contributed by atoms with Crippen LogP contribution < -0.4 is 5.76 Å². The molecule has 1 unspecified atom stereocenters. The number of aromatic amines is 1. The van der Waals surface area contributed by atoms with Gasteiger partial charge in [-0.05, 0) is 36.8 Å². The Hall–Kier alpha value is -1.52. The van der Waals surface area contributed by atoms with Crippen molar-refractivity contribution in [2.24, 2.45) is 0 Å². The van der Waals surface area contributed by atoms with E-state index in [9.17, 15) is 4.79 Å². The lowest BCUT2D eigenvalue weighted by Gasteiger charge is -2.06. The average Bonchev–Trinajstić information content (AvgIpc) is 2.92. The quantitative estimate of drug-likeness (QED) is 0.725. The van der Waals surface area contributed by atoms with Crippen LogP contribution in [0.1, 0.15) is 20.7 Å². The zero-order chi connectivity index (χ0) is 12.7. The summed E-state index contributed by atoms with van der Waals surface area (Å²) >= 11 is 8.10. The van der Waals surface area contributed by atoms with Crippen molar-refractivity contribution in [3.05, 3.63) is 56.2 Å². The van der Waals surface area contributed by atoms with Crippen LogP contribution in [0.3, 0.4) is 0 Å². The van der Waals surface area contributed by atoms with E-state index in [0.29, 0.717) is 11.1 Å². The standard InChI is InChI=1S/C13H10ClNO2S/c1-7-2-5-11(18-7)12(14)8-3-4-9-10(6-8)17-13(16)15-9/h2-6,12H,1H3,(H,15,16). The van der Waals surface area contributed by atoms with Gasteiger partial charge >= 0.3 is 5.76 Å². The lowest BCUT2D eigenvalue weighted by Crippen LogP contribution is -1.92. The summed E-state index contributed by atoms with van der Waals surface area (Å²) in [6, 6.07) is 9.59. The van der Waals surface area contributed by atoms with E-state index in [1.807, 2.05) is 31.2 Å². The number of fused-ring (bicyclic) bond motifs is 1. The smallest absolute Gasteiger partial charge is 0.408 e. The Kier molecular flexibility index (Phi) is 2.76. The molecule has 0 spiro atoms. The number of hydrogen-bond acceptors (Lipinski definition) is 3. The SMILES string of the molecule is Cc1ccc(C(Cl)c2ccc3[nH]c(=O)oc3c2)s1. The van der Waals surface area contributed by atoms with Crippen molar-refractivity contribution in [3.63, 3.8) is 0 Å². The summed E-state index contributed by atoms with van der Waals surface area (Å²) in [4.78, 5) is 16.0. The van der Waals surface area contributed by atoms with Gasteiger partial charge in [-0.1, -0.05) is 6.07 Å². The van der Waals surface area contributed by atoms with Crippen LogP contribution in [-0.2, 0) is 0 Å². The molecule has 1 N–H and O–H groups in total. The fourth-order valence-electron chi connectivity index (χ4n) is 1.87. The van der Waals surface area contributed by atoms with Gasteiger partial charge < -0.3 is 4.42 Å². The zero-order valence-electron chi connectivity index (χ0n) is 9.57. The first-order valence-corrected chi connectivity index (χ1v) is 6.72. The van der Waals surface area contributed by atoms with Crippen molar-refractivity contribution < 1.29 is 4.42 Å². The maximum Gasteiger partial charge on any atom is 0.417 e. The lowest BCUT2D eigenvalue weighted by molar-refractivity contribution is 0.555. The molecule has 0 aliphatic heterocycles. The molecule has 18 heavy (non-hydrogen) atoms. The number of thiophene rings is 1. The second-order valence-electron chi connectivity index (χ2n) is 4.08. The number of aryl methyl sites for hydroxylation is 1. The van der Waals surface area contributed by atoms with Crippen LogP contribution >= 0.6 is 22.9 Å². The molecule has 92 valence electrons. The van der Waals surface area contributed by atoms with Crippen LogP contribution in [0, 0.1) is 6.92 Å². The number of benzene rings is 1. The average molecular weight is 280 g/mol. The first-order valence-electron chi connectivity index (χ1n) is 5.46. The largest absolute Gasteiger partial charge is 0.417 e. The summed E-state index contributed by atoms with van der Waals surface area (Å²) in [7, 11) is 0. The molecule has 3 nitrogen and oxygen atoms in total. The van der Waals surface area contributed by atoms with Crippen molar-refractivity contribution in [1.29, 1.82) is 0 Å². The van der Waals surface area contributed by atoms with E-state index in [1.165, 1.54) is 4.88 Å². The minimum absolute atomic E-state index is 0.215. The fourth-order valence-corrected chi connectivity index (χ4v) is 3.10. The van der Waals surface area contributed by atoms with E-state index in [1.54, 1.807) is 17.4 Å². The number of oxazole rings is 1. The first kappa shape index (κ1) is 11.6. The number of aromatic nitrogens is 1. The fraction of sp³-hybridized carbons (Fsp3) is 0.154. The van der Waals surface area contributed by atoms with E-state index in [4.69, 9.17) is 16.0 Å². The highest BCUT2D eigenvalue weighted by Gasteiger charge is 2.14. The highest BCUT2D eigenvalue weighted by atomic mass is 35.5. The molecule has 5 heteroatoms. The maximum atomic E-state index is 11.1. The predicted molar refractivity (Wildman–Crippen MR) is 73.6 cm³/mol.